The minimum Gasteiger partial charge on any atom is -0.297 e. The zero-order chi connectivity index (χ0) is 18.8. The van der Waals surface area contributed by atoms with Gasteiger partial charge in [-0.25, -0.2) is 4.98 Å². The van der Waals surface area contributed by atoms with Crippen LogP contribution in [0.3, 0.4) is 0 Å². The van der Waals surface area contributed by atoms with Gasteiger partial charge in [0.25, 0.3) is 5.56 Å². The molecule has 27 heavy (non-hydrogen) atoms. The Labute approximate surface area is 159 Å². The van der Waals surface area contributed by atoms with Gasteiger partial charge in [-0.2, -0.15) is 0 Å². The lowest BCUT2D eigenvalue weighted by Gasteiger charge is -2.34. The summed E-state index contributed by atoms with van der Waals surface area (Å²) in [5.74, 6) is 0. The summed E-state index contributed by atoms with van der Waals surface area (Å²) in [6.07, 6.45) is 1.85. The highest BCUT2D eigenvalue weighted by atomic mass is 16.1. The standard InChI is InChI=1S/C22H26N4O/c1-17-7-8-21-23-20(13-22(27)26(21)14-17)16-25-11-9-24(10-12-25)15-19-6-4-3-5-18(19)2/h3-8,13-14H,9-12,15-16H2,1-2H3. The average Bonchev–Trinajstić information content (AvgIpc) is 2.66. The molecule has 3 heterocycles. The molecule has 1 aliphatic heterocycles. The Balaban J connectivity index is 1.39. The Bertz CT molecular complexity index is 1000. The Morgan fingerprint density at radius 2 is 1.63 bits per heavy atom. The molecule has 3 aromatic rings. The fraction of sp³-hybridized carbons (Fsp3) is 0.364. The fourth-order valence-corrected chi connectivity index (χ4v) is 3.70. The summed E-state index contributed by atoms with van der Waals surface area (Å²) in [6, 6.07) is 14.2. The van der Waals surface area contributed by atoms with Crippen LogP contribution in [0.4, 0.5) is 0 Å². The van der Waals surface area contributed by atoms with Gasteiger partial charge < -0.3 is 0 Å². The van der Waals surface area contributed by atoms with Gasteiger partial charge >= 0.3 is 0 Å². The van der Waals surface area contributed by atoms with Gasteiger partial charge in [0.15, 0.2) is 0 Å². The highest BCUT2D eigenvalue weighted by Crippen LogP contribution is 2.13. The molecule has 1 aliphatic rings. The van der Waals surface area contributed by atoms with E-state index in [0.29, 0.717) is 0 Å². The van der Waals surface area contributed by atoms with Gasteiger partial charge in [-0.05, 0) is 36.6 Å². The van der Waals surface area contributed by atoms with E-state index in [-0.39, 0.29) is 5.56 Å². The molecule has 2 aromatic heterocycles. The summed E-state index contributed by atoms with van der Waals surface area (Å²) in [7, 11) is 0. The van der Waals surface area contributed by atoms with Crippen molar-refractivity contribution >= 4 is 5.65 Å². The van der Waals surface area contributed by atoms with Crippen LogP contribution in [0.1, 0.15) is 22.4 Å². The first-order valence-corrected chi connectivity index (χ1v) is 9.57. The van der Waals surface area contributed by atoms with Crippen LogP contribution in [0.2, 0.25) is 0 Å². The number of piperazine rings is 1. The summed E-state index contributed by atoms with van der Waals surface area (Å²) in [6.45, 7) is 9.99. The summed E-state index contributed by atoms with van der Waals surface area (Å²) in [4.78, 5) is 21.9. The van der Waals surface area contributed by atoms with Crippen LogP contribution < -0.4 is 5.56 Å². The van der Waals surface area contributed by atoms with E-state index in [1.165, 1.54) is 11.1 Å². The molecule has 0 spiro atoms. The van der Waals surface area contributed by atoms with Crippen molar-refractivity contribution in [1.82, 2.24) is 19.2 Å². The zero-order valence-electron chi connectivity index (χ0n) is 16.1. The molecule has 0 N–H and O–H groups in total. The van der Waals surface area contributed by atoms with E-state index < -0.39 is 0 Å². The molecule has 0 amide bonds. The smallest absolute Gasteiger partial charge is 0.258 e. The van der Waals surface area contributed by atoms with Crippen molar-refractivity contribution in [2.45, 2.75) is 26.9 Å². The molecule has 0 atom stereocenters. The van der Waals surface area contributed by atoms with Gasteiger partial charge in [-0.1, -0.05) is 30.3 Å². The second kappa shape index (κ2) is 7.62. The summed E-state index contributed by atoms with van der Waals surface area (Å²) in [5.41, 5.74) is 5.40. The largest absolute Gasteiger partial charge is 0.297 e. The van der Waals surface area contributed by atoms with Crippen LogP contribution in [0, 0.1) is 13.8 Å². The molecule has 4 rings (SSSR count). The Morgan fingerprint density at radius 1 is 0.926 bits per heavy atom. The first kappa shape index (κ1) is 17.9. The van der Waals surface area contributed by atoms with Crippen molar-refractivity contribution in [1.29, 1.82) is 0 Å². The monoisotopic (exact) mass is 362 g/mol. The molecule has 1 aromatic carbocycles. The zero-order valence-corrected chi connectivity index (χ0v) is 16.1. The quantitative estimate of drug-likeness (QED) is 0.715. The Hall–Kier alpha value is -2.50. The summed E-state index contributed by atoms with van der Waals surface area (Å²) in [5, 5.41) is 0. The molecule has 1 fully saturated rings. The lowest BCUT2D eigenvalue weighted by molar-refractivity contribution is 0.121. The topological polar surface area (TPSA) is 40.9 Å². The fourth-order valence-electron chi connectivity index (χ4n) is 3.70. The highest BCUT2D eigenvalue weighted by molar-refractivity contribution is 5.39. The number of rotatable bonds is 4. The number of aryl methyl sites for hydroxylation is 2. The van der Waals surface area contributed by atoms with E-state index in [1.807, 2.05) is 25.3 Å². The maximum atomic E-state index is 12.4. The number of aromatic nitrogens is 2. The Kier molecular flexibility index (Phi) is 5.05. The van der Waals surface area contributed by atoms with E-state index in [2.05, 4.69) is 46.0 Å². The van der Waals surface area contributed by atoms with Crippen LogP contribution in [-0.2, 0) is 13.1 Å². The lowest BCUT2D eigenvalue weighted by Crippen LogP contribution is -2.45. The molecule has 0 unspecified atom stereocenters. The third-order valence-electron chi connectivity index (χ3n) is 5.37. The van der Waals surface area contributed by atoms with Crippen molar-refractivity contribution in [2.24, 2.45) is 0 Å². The van der Waals surface area contributed by atoms with E-state index in [0.717, 1.165) is 56.2 Å². The molecule has 5 heteroatoms. The van der Waals surface area contributed by atoms with Crippen LogP contribution in [0.5, 0.6) is 0 Å². The van der Waals surface area contributed by atoms with E-state index in [9.17, 15) is 4.79 Å². The number of nitrogens with zero attached hydrogens (tertiary/aromatic N) is 4. The molecular weight excluding hydrogens is 336 g/mol. The summed E-state index contributed by atoms with van der Waals surface area (Å²) < 4.78 is 1.62. The second-order valence-corrected chi connectivity index (χ2v) is 7.50. The molecular formula is C22H26N4O. The SMILES string of the molecule is Cc1ccc2nc(CN3CCN(Cc4ccccc4C)CC3)cc(=O)n2c1. The van der Waals surface area contributed by atoms with Gasteiger partial charge in [0.05, 0.1) is 5.69 Å². The molecule has 0 radical (unpaired) electrons. The number of fused-ring (bicyclic) bond motifs is 1. The van der Waals surface area contributed by atoms with Gasteiger partial charge in [0.2, 0.25) is 0 Å². The van der Waals surface area contributed by atoms with Crippen molar-refractivity contribution < 1.29 is 0 Å². The van der Waals surface area contributed by atoms with Crippen LogP contribution >= 0.6 is 0 Å². The lowest BCUT2D eigenvalue weighted by atomic mass is 10.1. The average molecular weight is 362 g/mol. The minimum absolute atomic E-state index is 0.00288. The van der Waals surface area contributed by atoms with Crippen LogP contribution in [0.25, 0.3) is 5.65 Å². The van der Waals surface area contributed by atoms with Crippen molar-refractivity contribution in [3.8, 4) is 0 Å². The van der Waals surface area contributed by atoms with E-state index in [1.54, 1.807) is 10.5 Å². The number of pyridine rings is 1. The predicted octanol–water partition coefficient (Wildman–Crippen LogP) is 2.63. The molecule has 0 aliphatic carbocycles. The molecule has 140 valence electrons. The molecule has 1 saturated heterocycles. The van der Waals surface area contributed by atoms with Crippen LogP contribution in [0.15, 0.2) is 53.5 Å². The van der Waals surface area contributed by atoms with Crippen molar-refractivity contribution in [3.05, 3.63) is 81.4 Å². The van der Waals surface area contributed by atoms with E-state index in [4.69, 9.17) is 0 Å². The van der Waals surface area contributed by atoms with Gasteiger partial charge in [-0.15, -0.1) is 0 Å². The second-order valence-electron chi connectivity index (χ2n) is 7.50. The molecule has 5 nitrogen and oxygen atoms in total. The van der Waals surface area contributed by atoms with Gasteiger partial charge in [0, 0.05) is 51.5 Å². The highest BCUT2D eigenvalue weighted by Gasteiger charge is 2.18. The third kappa shape index (κ3) is 4.10. The number of benzene rings is 1. The molecule has 0 saturated carbocycles. The van der Waals surface area contributed by atoms with Gasteiger partial charge in [0.1, 0.15) is 5.65 Å². The Morgan fingerprint density at radius 3 is 2.37 bits per heavy atom. The number of hydrogen-bond donors (Lipinski definition) is 0. The van der Waals surface area contributed by atoms with Crippen molar-refractivity contribution in [2.75, 3.05) is 26.2 Å². The molecule has 0 bridgehead atoms. The third-order valence-corrected chi connectivity index (χ3v) is 5.37. The van der Waals surface area contributed by atoms with Crippen molar-refractivity contribution in [3.63, 3.8) is 0 Å². The maximum absolute atomic E-state index is 12.4. The first-order chi connectivity index (χ1) is 13.1. The predicted molar refractivity (Wildman–Crippen MR) is 108 cm³/mol. The normalized spacial score (nSPS) is 16.1. The number of hydrogen-bond acceptors (Lipinski definition) is 4. The van der Waals surface area contributed by atoms with Crippen LogP contribution in [-0.4, -0.2) is 45.4 Å². The summed E-state index contributed by atoms with van der Waals surface area (Å²) >= 11 is 0. The maximum Gasteiger partial charge on any atom is 0.258 e. The first-order valence-electron chi connectivity index (χ1n) is 9.57. The van der Waals surface area contributed by atoms with E-state index >= 15 is 0 Å². The minimum atomic E-state index is -0.00288. The van der Waals surface area contributed by atoms with Gasteiger partial charge in [-0.3, -0.25) is 19.0 Å².